The number of aromatic nitrogens is 2. The smallest absolute Gasteiger partial charge is 0.474 e. The number of rotatable bonds is 11. The van der Waals surface area contributed by atoms with Crippen LogP contribution in [0.4, 0.5) is 18.9 Å². The van der Waals surface area contributed by atoms with Crippen LogP contribution in [0, 0.1) is 5.92 Å². The van der Waals surface area contributed by atoms with Gasteiger partial charge in [-0.05, 0) is 87.6 Å². The van der Waals surface area contributed by atoms with E-state index in [4.69, 9.17) is 4.74 Å². The first kappa shape index (κ1) is 29.3. The van der Waals surface area contributed by atoms with Crippen molar-refractivity contribution in [1.82, 2.24) is 15.1 Å². The highest BCUT2D eigenvalue weighted by atomic mass is 19.4. The molecule has 2 aromatic carbocycles. The van der Waals surface area contributed by atoms with E-state index >= 15 is 0 Å². The van der Waals surface area contributed by atoms with Crippen LogP contribution in [0.1, 0.15) is 81.3 Å². The standard InChI is InChI=1S/C30H37F3N4O3/c1-4-18-34-28(38)22-10-12-23(13-11-22)35-27(21-8-6-5-7-9-21)26-19-37(36-29(26)39-20(2)3)24-14-16-25(17-15-24)40-30(31,32)33/h10-17,19-21,27,35H,4-9,18H2,1-3H3,(H,34,38). The van der Waals surface area contributed by atoms with Crippen molar-refractivity contribution in [1.29, 1.82) is 0 Å². The van der Waals surface area contributed by atoms with Crippen molar-refractivity contribution in [2.45, 2.75) is 77.8 Å². The molecule has 1 aliphatic carbocycles. The number of nitrogens with one attached hydrogen (secondary N) is 2. The molecule has 0 saturated heterocycles. The molecule has 10 heteroatoms. The van der Waals surface area contributed by atoms with E-state index in [1.807, 2.05) is 51.2 Å². The van der Waals surface area contributed by atoms with Gasteiger partial charge in [0.15, 0.2) is 0 Å². The summed E-state index contributed by atoms with van der Waals surface area (Å²) in [5, 5.41) is 11.3. The van der Waals surface area contributed by atoms with Gasteiger partial charge >= 0.3 is 6.36 Å². The van der Waals surface area contributed by atoms with Crippen molar-refractivity contribution in [3.05, 3.63) is 65.9 Å². The summed E-state index contributed by atoms with van der Waals surface area (Å²) in [5.41, 5.74) is 2.93. The lowest BCUT2D eigenvalue weighted by Gasteiger charge is -2.31. The van der Waals surface area contributed by atoms with E-state index in [9.17, 15) is 18.0 Å². The second-order valence-electron chi connectivity index (χ2n) is 10.4. The highest BCUT2D eigenvalue weighted by Crippen LogP contribution is 2.40. The first-order valence-electron chi connectivity index (χ1n) is 13.9. The lowest BCUT2D eigenvalue weighted by atomic mass is 9.81. The summed E-state index contributed by atoms with van der Waals surface area (Å²) in [6.45, 7) is 6.49. The van der Waals surface area contributed by atoms with Gasteiger partial charge in [-0.1, -0.05) is 26.2 Å². The van der Waals surface area contributed by atoms with E-state index in [0.717, 1.165) is 43.4 Å². The summed E-state index contributed by atoms with van der Waals surface area (Å²) in [7, 11) is 0. The Morgan fingerprint density at radius 1 is 1.05 bits per heavy atom. The van der Waals surface area contributed by atoms with Crippen molar-refractivity contribution in [2.24, 2.45) is 5.92 Å². The number of ether oxygens (including phenoxy) is 2. The van der Waals surface area contributed by atoms with Crippen molar-refractivity contribution in [2.75, 3.05) is 11.9 Å². The SMILES string of the molecule is CCCNC(=O)c1ccc(NC(c2cn(-c3ccc(OC(F)(F)F)cc3)nc2OC(C)C)C2CCCCC2)cc1. The van der Waals surface area contributed by atoms with Crippen LogP contribution in [0.5, 0.6) is 11.6 Å². The van der Waals surface area contributed by atoms with Crippen LogP contribution in [0.15, 0.2) is 54.7 Å². The Morgan fingerprint density at radius 3 is 2.33 bits per heavy atom. The van der Waals surface area contributed by atoms with Gasteiger partial charge in [-0.2, -0.15) is 0 Å². The first-order chi connectivity index (χ1) is 19.1. The summed E-state index contributed by atoms with van der Waals surface area (Å²) in [6, 6.07) is 12.9. The number of alkyl halides is 3. The quantitative estimate of drug-likeness (QED) is 0.256. The number of halogens is 3. The zero-order valence-electron chi connectivity index (χ0n) is 23.1. The van der Waals surface area contributed by atoms with Gasteiger partial charge in [0.2, 0.25) is 5.88 Å². The lowest BCUT2D eigenvalue weighted by Crippen LogP contribution is -2.25. The van der Waals surface area contributed by atoms with Gasteiger partial charge in [0, 0.05) is 24.0 Å². The summed E-state index contributed by atoms with van der Waals surface area (Å²) in [5.74, 6) is 0.411. The minimum atomic E-state index is -4.75. The maximum absolute atomic E-state index is 12.6. The molecule has 4 rings (SSSR count). The van der Waals surface area contributed by atoms with Crippen molar-refractivity contribution in [3.63, 3.8) is 0 Å². The Balaban J connectivity index is 1.64. The van der Waals surface area contributed by atoms with Gasteiger partial charge in [-0.15, -0.1) is 18.3 Å². The molecule has 0 bridgehead atoms. The fraction of sp³-hybridized carbons (Fsp3) is 0.467. The van der Waals surface area contributed by atoms with Gasteiger partial charge in [-0.3, -0.25) is 4.79 Å². The molecule has 1 heterocycles. The highest BCUT2D eigenvalue weighted by Gasteiger charge is 2.32. The van der Waals surface area contributed by atoms with Crippen LogP contribution in [0.25, 0.3) is 5.69 Å². The van der Waals surface area contributed by atoms with Gasteiger partial charge in [0.1, 0.15) is 5.75 Å². The minimum absolute atomic E-state index is 0.0993. The molecule has 3 aromatic rings. The van der Waals surface area contributed by atoms with Gasteiger partial charge < -0.3 is 20.1 Å². The molecule has 1 atom stereocenters. The summed E-state index contributed by atoms with van der Waals surface area (Å²) >= 11 is 0. The van der Waals surface area contributed by atoms with E-state index in [2.05, 4.69) is 20.5 Å². The Hall–Kier alpha value is -3.69. The molecule has 40 heavy (non-hydrogen) atoms. The zero-order valence-corrected chi connectivity index (χ0v) is 23.1. The monoisotopic (exact) mass is 558 g/mol. The average molecular weight is 559 g/mol. The van der Waals surface area contributed by atoms with Crippen LogP contribution in [-0.4, -0.2) is 34.7 Å². The molecule has 1 aliphatic rings. The van der Waals surface area contributed by atoms with Crippen LogP contribution in [0.2, 0.25) is 0 Å². The number of amides is 1. The Labute approximate surface area is 233 Å². The molecule has 1 aromatic heterocycles. The summed E-state index contributed by atoms with van der Waals surface area (Å²) in [6.07, 6.45) is 3.43. The van der Waals surface area contributed by atoms with E-state index in [1.165, 1.54) is 30.7 Å². The molecule has 0 spiro atoms. The molecule has 7 nitrogen and oxygen atoms in total. The van der Waals surface area contributed by atoms with E-state index in [0.29, 0.717) is 29.6 Å². The van der Waals surface area contributed by atoms with Crippen LogP contribution < -0.4 is 20.1 Å². The molecule has 1 amide bonds. The molecule has 1 unspecified atom stereocenters. The predicted molar refractivity (Wildman–Crippen MR) is 148 cm³/mol. The maximum Gasteiger partial charge on any atom is 0.573 e. The number of anilines is 1. The van der Waals surface area contributed by atoms with Gasteiger partial charge in [0.25, 0.3) is 5.91 Å². The topological polar surface area (TPSA) is 77.4 Å². The number of benzene rings is 2. The largest absolute Gasteiger partial charge is 0.573 e. The van der Waals surface area contributed by atoms with E-state index in [-0.39, 0.29) is 23.8 Å². The summed E-state index contributed by atoms with van der Waals surface area (Å²) < 4.78 is 49.6. The molecule has 216 valence electrons. The first-order valence-corrected chi connectivity index (χ1v) is 13.9. The van der Waals surface area contributed by atoms with Gasteiger partial charge in [0.05, 0.1) is 23.4 Å². The van der Waals surface area contributed by atoms with E-state index in [1.54, 1.807) is 4.68 Å². The fourth-order valence-electron chi connectivity index (χ4n) is 4.99. The Morgan fingerprint density at radius 2 is 1.73 bits per heavy atom. The second kappa shape index (κ2) is 13.1. The average Bonchev–Trinajstić information content (AvgIpc) is 3.33. The predicted octanol–water partition coefficient (Wildman–Crippen LogP) is 7.43. The molecule has 0 radical (unpaired) electrons. The number of carbonyl (C=O) groups excluding carboxylic acids is 1. The van der Waals surface area contributed by atoms with Crippen molar-refractivity contribution >= 4 is 11.6 Å². The van der Waals surface area contributed by atoms with Crippen molar-refractivity contribution in [3.8, 4) is 17.3 Å². The molecular weight excluding hydrogens is 521 g/mol. The zero-order chi connectivity index (χ0) is 28.7. The molecule has 1 saturated carbocycles. The molecule has 1 fully saturated rings. The fourth-order valence-corrected chi connectivity index (χ4v) is 4.99. The van der Waals surface area contributed by atoms with Crippen LogP contribution in [-0.2, 0) is 0 Å². The number of nitrogens with zero attached hydrogens (tertiary/aromatic N) is 2. The van der Waals surface area contributed by atoms with Gasteiger partial charge in [-0.25, -0.2) is 4.68 Å². The highest BCUT2D eigenvalue weighted by molar-refractivity contribution is 5.94. The maximum atomic E-state index is 12.6. The summed E-state index contributed by atoms with van der Waals surface area (Å²) in [4.78, 5) is 12.4. The minimum Gasteiger partial charge on any atom is -0.474 e. The Kier molecular flexibility index (Phi) is 9.60. The number of hydrogen-bond donors (Lipinski definition) is 2. The molecule has 0 aliphatic heterocycles. The second-order valence-corrected chi connectivity index (χ2v) is 10.4. The number of hydrogen-bond acceptors (Lipinski definition) is 5. The molecular formula is C30H37F3N4O3. The third kappa shape index (κ3) is 7.92. The third-order valence-corrected chi connectivity index (χ3v) is 6.85. The van der Waals surface area contributed by atoms with Crippen LogP contribution >= 0.6 is 0 Å². The Bertz CT molecular complexity index is 1230. The molecule has 2 N–H and O–H groups in total. The van der Waals surface area contributed by atoms with Crippen LogP contribution in [0.3, 0.4) is 0 Å². The van der Waals surface area contributed by atoms with Crippen molar-refractivity contribution < 1.29 is 27.4 Å². The lowest BCUT2D eigenvalue weighted by molar-refractivity contribution is -0.274. The normalized spacial score (nSPS) is 15.1. The third-order valence-electron chi connectivity index (χ3n) is 6.85. The van der Waals surface area contributed by atoms with E-state index < -0.39 is 6.36 Å². The number of carbonyl (C=O) groups is 1.